The molecule has 0 aromatic heterocycles. The molecule has 0 radical (unpaired) electrons. The summed E-state index contributed by atoms with van der Waals surface area (Å²) in [4.78, 5) is -0.00812. The maximum absolute atomic E-state index is 12.8. The van der Waals surface area contributed by atoms with Gasteiger partial charge in [0.25, 0.3) is 0 Å². The Balaban J connectivity index is 1.85. The molecular formula is C21H20ClNO4S2. The van der Waals surface area contributed by atoms with Gasteiger partial charge in [-0.1, -0.05) is 48.0 Å². The number of nitrogens with one attached hydrogen (secondary N) is 1. The van der Waals surface area contributed by atoms with E-state index in [1.807, 2.05) is 6.07 Å². The van der Waals surface area contributed by atoms with Gasteiger partial charge in [-0.05, 0) is 60.9 Å². The molecule has 0 heterocycles. The van der Waals surface area contributed by atoms with Crippen LogP contribution < -0.4 is 4.72 Å². The molecule has 0 unspecified atom stereocenters. The maximum Gasteiger partial charge on any atom is 0.240 e. The zero-order valence-corrected chi connectivity index (χ0v) is 18.1. The summed E-state index contributed by atoms with van der Waals surface area (Å²) in [6, 6.07) is 19.2. The van der Waals surface area contributed by atoms with Crippen molar-refractivity contribution >= 4 is 31.5 Å². The fraction of sp³-hybridized carbons (Fsp3) is 0.143. The molecule has 3 rings (SSSR count). The van der Waals surface area contributed by atoms with Crippen LogP contribution in [0.4, 0.5) is 0 Å². The highest BCUT2D eigenvalue weighted by molar-refractivity contribution is 7.91. The largest absolute Gasteiger partial charge is 0.240 e. The predicted octanol–water partition coefficient (Wildman–Crippen LogP) is 4.00. The van der Waals surface area contributed by atoms with E-state index in [1.54, 1.807) is 43.3 Å². The van der Waals surface area contributed by atoms with Crippen LogP contribution in [0.3, 0.4) is 0 Å². The lowest BCUT2D eigenvalue weighted by molar-refractivity contribution is 0.580. The predicted molar refractivity (Wildman–Crippen MR) is 113 cm³/mol. The maximum atomic E-state index is 12.8. The molecule has 0 bridgehead atoms. The molecule has 0 amide bonds. The van der Waals surface area contributed by atoms with Crippen molar-refractivity contribution in [3.63, 3.8) is 0 Å². The first-order valence-electron chi connectivity index (χ1n) is 8.85. The van der Waals surface area contributed by atoms with Crippen molar-refractivity contribution in [2.24, 2.45) is 0 Å². The molecule has 0 spiro atoms. The fourth-order valence-corrected chi connectivity index (χ4v) is 5.77. The Morgan fingerprint density at radius 3 is 2.24 bits per heavy atom. The second kappa shape index (κ2) is 8.67. The number of rotatable bonds is 7. The molecule has 0 aliphatic heterocycles. The number of halogens is 1. The van der Waals surface area contributed by atoms with E-state index in [9.17, 15) is 16.8 Å². The number of hydrogen-bond donors (Lipinski definition) is 1. The van der Waals surface area contributed by atoms with Crippen LogP contribution in [0, 0.1) is 6.92 Å². The molecular weight excluding hydrogens is 430 g/mol. The topological polar surface area (TPSA) is 80.3 Å². The van der Waals surface area contributed by atoms with E-state index >= 15 is 0 Å². The molecule has 152 valence electrons. The van der Waals surface area contributed by atoms with E-state index < -0.39 is 19.9 Å². The summed E-state index contributed by atoms with van der Waals surface area (Å²) in [7, 11) is -7.70. The lowest BCUT2D eigenvalue weighted by Gasteiger charge is -2.12. The van der Waals surface area contributed by atoms with Gasteiger partial charge in [0.15, 0.2) is 0 Å². The van der Waals surface area contributed by atoms with Gasteiger partial charge in [-0.25, -0.2) is 21.6 Å². The molecule has 3 aromatic rings. The Kier molecular flexibility index (Phi) is 6.43. The molecule has 3 aromatic carbocycles. The van der Waals surface area contributed by atoms with E-state index in [-0.39, 0.29) is 21.2 Å². The average molecular weight is 450 g/mol. The Morgan fingerprint density at radius 1 is 0.828 bits per heavy atom. The first-order valence-corrected chi connectivity index (χ1v) is 12.2. The molecule has 0 saturated carbocycles. The summed E-state index contributed by atoms with van der Waals surface area (Å²) in [5.74, 6) is 0. The van der Waals surface area contributed by atoms with Gasteiger partial charge in [0, 0.05) is 11.6 Å². The molecule has 0 aliphatic rings. The second-order valence-corrected chi connectivity index (χ2v) is 10.6. The van der Waals surface area contributed by atoms with Crippen molar-refractivity contribution in [1.82, 2.24) is 4.72 Å². The minimum absolute atomic E-state index is 0.0550. The van der Waals surface area contributed by atoms with Gasteiger partial charge < -0.3 is 0 Å². The molecule has 5 nitrogen and oxygen atoms in total. The van der Waals surface area contributed by atoms with Gasteiger partial charge in [0.1, 0.15) is 0 Å². The number of sulfonamides is 1. The SMILES string of the molecule is Cc1ccc(S(=O)(=O)c2ccccc2)cc1S(=O)(=O)NCCc1cccc(Cl)c1. The van der Waals surface area contributed by atoms with Crippen LogP contribution in [0.15, 0.2) is 87.5 Å². The number of benzene rings is 3. The number of sulfone groups is 1. The van der Waals surface area contributed by atoms with E-state index in [1.165, 1.54) is 30.3 Å². The zero-order chi connectivity index (χ0) is 21.1. The fourth-order valence-electron chi connectivity index (χ4n) is 2.87. The van der Waals surface area contributed by atoms with Gasteiger partial charge in [0.05, 0.1) is 14.7 Å². The van der Waals surface area contributed by atoms with Crippen LogP contribution in [0.25, 0.3) is 0 Å². The van der Waals surface area contributed by atoms with Gasteiger partial charge >= 0.3 is 0 Å². The van der Waals surface area contributed by atoms with E-state index in [2.05, 4.69) is 4.72 Å². The minimum atomic E-state index is -3.88. The molecule has 0 aliphatic carbocycles. The molecule has 0 atom stereocenters. The van der Waals surface area contributed by atoms with E-state index in [0.717, 1.165) is 5.56 Å². The smallest absolute Gasteiger partial charge is 0.219 e. The van der Waals surface area contributed by atoms with Gasteiger partial charge in [-0.15, -0.1) is 0 Å². The van der Waals surface area contributed by atoms with Crippen molar-refractivity contribution in [3.05, 3.63) is 88.9 Å². The summed E-state index contributed by atoms with van der Waals surface area (Å²) >= 11 is 5.95. The van der Waals surface area contributed by atoms with Crippen molar-refractivity contribution in [3.8, 4) is 0 Å². The monoisotopic (exact) mass is 449 g/mol. The van der Waals surface area contributed by atoms with Crippen molar-refractivity contribution in [2.75, 3.05) is 6.54 Å². The van der Waals surface area contributed by atoms with Crippen LogP contribution in [-0.2, 0) is 26.3 Å². The lowest BCUT2D eigenvalue weighted by atomic mass is 10.2. The molecule has 1 N–H and O–H groups in total. The van der Waals surface area contributed by atoms with Crippen LogP contribution in [0.2, 0.25) is 5.02 Å². The van der Waals surface area contributed by atoms with E-state index in [0.29, 0.717) is 17.0 Å². The van der Waals surface area contributed by atoms with Crippen LogP contribution in [0.5, 0.6) is 0 Å². The summed E-state index contributed by atoms with van der Waals surface area (Å²) in [5.41, 5.74) is 1.37. The normalized spacial score (nSPS) is 12.1. The van der Waals surface area contributed by atoms with Crippen LogP contribution in [-0.4, -0.2) is 23.4 Å². The average Bonchev–Trinajstić information content (AvgIpc) is 2.68. The third-order valence-corrected chi connectivity index (χ3v) is 8.01. The summed E-state index contributed by atoms with van der Waals surface area (Å²) in [5, 5.41) is 0.583. The molecule has 8 heteroatoms. The Bertz CT molecular complexity index is 1220. The van der Waals surface area contributed by atoms with Crippen molar-refractivity contribution in [2.45, 2.75) is 28.0 Å². The van der Waals surface area contributed by atoms with E-state index in [4.69, 9.17) is 11.6 Å². The van der Waals surface area contributed by atoms with Crippen LogP contribution >= 0.6 is 11.6 Å². The minimum Gasteiger partial charge on any atom is -0.219 e. The van der Waals surface area contributed by atoms with Crippen molar-refractivity contribution in [1.29, 1.82) is 0 Å². The Hall–Kier alpha value is -2.19. The molecule has 0 fully saturated rings. The van der Waals surface area contributed by atoms with Gasteiger partial charge in [-0.2, -0.15) is 0 Å². The highest BCUT2D eigenvalue weighted by Gasteiger charge is 2.23. The second-order valence-electron chi connectivity index (χ2n) is 6.52. The highest BCUT2D eigenvalue weighted by Crippen LogP contribution is 2.25. The first kappa shape index (κ1) is 21.5. The molecule has 29 heavy (non-hydrogen) atoms. The quantitative estimate of drug-likeness (QED) is 0.591. The summed E-state index contributed by atoms with van der Waals surface area (Å²) in [6.07, 6.45) is 0.459. The van der Waals surface area contributed by atoms with Gasteiger partial charge in [0.2, 0.25) is 19.9 Å². The van der Waals surface area contributed by atoms with Crippen LogP contribution in [0.1, 0.15) is 11.1 Å². The first-order chi connectivity index (χ1) is 13.7. The number of aryl methyl sites for hydroxylation is 1. The third-order valence-electron chi connectivity index (χ3n) is 4.41. The zero-order valence-electron chi connectivity index (χ0n) is 15.7. The standard InChI is InChI=1S/C21H20ClNO4S2/c1-16-10-11-20(28(24,25)19-8-3-2-4-9-19)15-21(16)29(26,27)23-13-12-17-6-5-7-18(22)14-17/h2-11,14-15,23H,12-13H2,1H3. The Morgan fingerprint density at radius 2 is 1.55 bits per heavy atom. The summed E-state index contributed by atoms with van der Waals surface area (Å²) in [6.45, 7) is 1.79. The Labute approximate surface area is 176 Å². The number of hydrogen-bond acceptors (Lipinski definition) is 4. The summed E-state index contributed by atoms with van der Waals surface area (Å²) < 4.78 is 53.8. The van der Waals surface area contributed by atoms with Gasteiger partial charge in [-0.3, -0.25) is 0 Å². The molecule has 0 saturated heterocycles. The van der Waals surface area contributed by atoms with Crippen molar-refractivity contribution < 1.29 is 16.8 Å². The highest BCUT2D eigenvalue weighted by atomic mass is 35.5. The third kappa shape index (κ3) is 5.05. The lowest BCUT2D eigenvalue weighted by Crippen LogP contribution is -2.27.